The lowest BCUT2D eigenvalue weighted by Crippen LogP contribution is -2.52. The Kier molecular flexibility index (Phi) is 4.93. The highest BCUT2D eigenvalue weighted by Gasteiger charge is 2.45. The van der Waals surface area contributed by atoms with Gasteiger partial charge in [-0.05, 0) is 12.3 Å². The van der Waals surface area contributed by atoms with Crippen LogP contribution in [0.4, 0.5) is 0 Å². The number of nitrogens with one attached hydrogen (secondary N) is 1. The van der Waals surface area contributed by atoms with Crippen LogP contribution in [0.25, 0.3) is 0 Å². The molecule has 2 saturated heterocycles. The first-order chi connectivity index (χ1) is 9.45. The largest absolute Gasteiger partial charge is 0.480 e. The number of aliphatic carboxylic acids is 1. The molecule has 4 unspecified atom stereocenters. The van der Waals surface area contributed by atoms with Crippen molar-refractivity contribution in [1.29, 1.82) is 0 Å². The van der Waals surface area contributed by atoms with Crippen LogP contribution in [-0.2, 0) is 14.3 Å². The van der Waals surface area contributed by atoms with Gasteiger partial charge < -0.3 is 20.1 Å². The van der Waals surface area contributed by atoms with Crippen molar-refractivity contribution < 1.29 is 19.4 Å². The zero-order chi connectivity index (χ0) is 14.9. The van der Waals surface area contributed by atoms with Crippen molar-refractivity contribution in [1.82, 2.24) is 10.2 Å². The van der Waals surface area contributed by atoms with Gasteiger partial charge in [0.15, 0.2) is 0 Å². The SMILES string of the molecule is COC1CNC(C(=O)N2C(C(=O)O)CSC2C(C)C)C1. The van der Waals surface area contributed by atoms with Crippen molar-refractivity contribution in [3.8, 4) is 0 Å². The molecule has 6 nitrogen and oxygen atoms in total. The van der Waals surface area contributed by atoms with E-state index in [1.54, 1.807) is 23.8 Å². The monoisotopic (exact) mass is 302 g/mol. The molecule has 20 heavy (non-hydrogen) atoms. The third-order valence-electron chi connectivity index (χ3n) is 3.87. The van der Waals surface area contributed by atoms with Gasteiger partial charge in [0.25, 0.3) is 0 Å². The zero-order valence-electron chi connectivity index (χ0n) is 12.0. The number of amides is 1. The summed E-state index contributed by atoms with van der Waals surface area (Å²) >= 11 is 1.55. The maximum atomic E-state index is 12.7. The van der Waals surface area contributed by atoms with Crippen LogP contribution in [0.5, 0.6) is 0 Å². The summed E-state index contributed by atoms with van der Waals surface area (Å²) in [4.78, 5) is 25.6. The van der Waals surface area contributed by atoms with Gasteiger partial charge in [-0.25, -0.2) is 4.79 Å². The Labute approximate surface area is 123 Å². The molecule has 2 fully saturated rings. The molecule has 0 spiro atoms. The molecule has 2 N–H and O–H groups in total. The molecule has 0 aliphatic carbocycles. The van der Waals surface area contributed by atoms with Crippen molar-refractivity contribution in [3.05, 3.63) is 0 Å². The van der Waals surface area contributed by atoms with Gasteiger partial charge in [-0.3, -0.25) is 4.79 Å². The third-order valence-corrected chi connectivity index (χ3v) is 5.49. The van der Waals surface area contributed by atoms with Gasteiger partial charge in [-0.1, -0.05) is 13.8 Å². The highest BCUT2D eigenvalue weighted by atomic mass is 32.2. The van der Waals surface area contributed by atoms with E-state index in [1.165, 1.54) is 0 Å². The number of hydrogen-bond acceptors (Lipinski definition) is 5. The molecular formula is C13H22N2O4S. The first kappa shape index (κ1) is 15.6. The van der Waals surface area contributed by atoms with Crippen molar-refractivity contribution in [2.24, 2.45) is 5.92 Å². The van der Waals surface area contributed by atoms with E-state index in [-0.39, 0.29) is 29.3 Å². The number of nitrogens with zero attached hydrogens (tertiary/aromatic N) is 1. The molecule has 0 saturated carbocycles. The molecule has 7 heteroatoms. The minimum atomic E-state index is -0.921. The molecular weight excluding hydrogens is 280 g/mol. The van der Waals surface area contributed by atoms with E-state index >= 15 is 0 Å². The Hall–Kier alpha value is -0.790. The Morgan fingerprint density at radius 1 is 1.45 bits per heavy atom. The maximum Gasteiger partial charge on any atom is 0.327 e. The Bertz CT molecular complexity index is 391. The summed E-state index contributed by atoms with van der Waals surface area (Å²) in [5.41, 5.74) is 0. The van der Waals surface area contributed by atoms with Crippen molar-refractivity contribution in [3.63, 3.8) is 0 Å². The fourth-order valence-electron chi connectivity index (χ4n) is 2.76. The fraction of sp³-hybridized carbons (Fsp3) is 0.846. The number of rotatable bonds is 4. The van der Waals surface area contributed by atoms with Crippen LogP contribution in [0, 0.1) is 5.92 Å². The Balaban J connectivity index is 2.13. The summed E-state index contributed by atoms with van der Waals surface area (Å²) < 4.78 is 5.25. The van der Waals surface area contributed by atoms with Gasteiger partial charge in [0.05, 0.1) is 17.5 Å². The molecule has 2 aliphatic rings. The molecule has 4 atom stereocenters. The number of hydrogen-bond donors (Lipinski definition) is 2. The van der Waals surface area contributed by atoms with Crippen LogP contribution in [0.2, 0.25) is 0 Å². The van der Waals surface area contributed by atoms with Crippen molar-refractivity contribution in [2.45, 2.75) is 43.8 Å². The molecule has 2 heterocycles. The van der Waals surface area contributed by atoms with Gasteiger partial charge in [0.1, 0.15) is 6.04 Å². The summed E-state index contributed by atoms with van der Waals surface area (Å²) in [5.74, 6) is -0.339. The summed E-state index contributed by atoms with van der Waals surface area (Å²) in [6.07, 6.45) is 0.633. The van der Waals surface area contributed by atoms with Crippen molar-refractivity contribution in [2.75, 3.05) is 19.4 Å². The van der Waals surface area contributed by atoms with Crippen LogP contribution in [0.1, 0.15) is 20.3 Å². The number of carbonyl (C=O) groups excluding carboxylic acids is 1. The molecule has 0 bridgehead atoms. The summed E-state index contributed by atoms with van der Waals surface area (Å²) in [6, 6.07) is -1.05. The fourth-order valence-corrected chi connectivity index (χ4v) is 4.24. The third kappa shape index (κ3) is 2.94. The molecule has 0 aromatic rings. The van der Waals surface area contributed by atoms with Crippen LogP contribution in [-0.4, -0.2) is 64.9 Å². The predicted molar refractivity (Wildman–Crippen MR) is 76.6 cm³/mol. The van der Waals surface area contributed by atoms with Gasteiger partial charge in [-0.15, -0.1) is 11.8 Å². The highest BCUT2D eigenvalue weighted by molar-refractivity contribution is 8.00. The second kappa shape index (κ2) is 6.32. The Morgan fingerprint density at radius 2 is 2.15 bits per heavy atom. The minimum Gasteiger partial charge on any atom is -0.480 e. The van der Waals surface area contributed by atoms with E-state index in [0.29, 0.717) is 18.7 Å². The smallest absolute Gasteiger partial charge is 0.327 e. The van der Waals surface area contributed by atoms with Gasteiger partial charge >= 0.3 is 5.97 Å². The van der Waals surface area contributed by atoms with E-state index < -0.39 is 12.0 Å². The number of carbonyl (C=O) groups is 2. The van der Waals surface area contributed by atoms with Gasteiger partial charge in [0.2, 0.25) is 5.91 Å². The normalized spacial score (nSPS) is 33.9. The van der Waals surface area contributed by atoms with Crippen LogP contribution >= 0.6 is 11.8 Å². The van der Waals surface area contributed by atoms with Crippen LogP contribution < -0.4 is 5.32 Å². The molecule has 2 aliphatic heterocycles. The zero-order valence-corrected chi connectivity index (χ0v) is 12.9. The molecule has 2 rings (SSSR count). The van der Waals surface area contributed by atoms with Gasteiger partial charge in [-0.2, -0.15) is 0 Å². The first-order valence-electron chi connectivity index (χ1n) is 6.88. The quantitative estimate of drug-likeness (QED) is 0.781. The minimum absolute atomic E-state index is 0.0278. The highest BCUT2D eigenvalue weighted by Crippen LogP contribution is 2.35. The average molecular weight is 302 g/mol. The van der Waals surface area contributed by atoms with E-state index in [9.17, 15) is 14.7 Å². The van der Waals surface area contributed by atoms with Crippen molar-refractivity contribution >= 4 is 23.6 Å². The lowest BCUT2D eigenvalue weighted by Gasteiger charge is -2.31. The van der Waals surface area contributed by atoms with Crippen LogP contribution in [0.15, 0.2) is 0 Å². The van der Waals surface area contributed by atoms with E-state index in [4.69, 9.17) is 4.74 Å². The second-order valence-electron chi connectivity index (χ2n) is 5.62. The van der Waals surface area contributed by atoms with E-state index in [2.05, 4.69) is 5.32 Å². The molecule has 0 radical (unpaired) electrons. The number of carboxylic acid groups (broad SMARTS) is 1. The summed E-state index contributed by atoms with van der Waals surface area (Å²) in [5, 5.41) is 12.4. The first-order valence-corrected chi connectivity index (χ1v) is 7.93. The lowest BCUT2D eigenvalue weighted by molar-refractivity contribution is -0.150. The lowest BCUT2D eigenvalue weighted by atomic mass is 10.1. The summed E-state index contributed by atoms with van der Waals surface area (Å²) in [7, 11) is 1.63. The second-order valence-corrected chi connectivity index (χ2v) is 6.77. The number of thioether (sulfide) groups is 1. The average Bonchev–Trinajstić information content (AvgIpc) is 3.04. The molecule has 0 aromatic heterocycles. The molecule has 0 aromatic carbocycles. The topological polar surface area (TPSA) is 78.9 Å². The molecule has 114 valence electrons. The number of methoxy groups -OCH3 is 1. The predicted octanol–water partition coefficient (Wildman–Crippen LogP) is 0.374. The number of ether oxygens (including phenoxy) is 1. The van der Waals surface area contributed by atoms with Crippen LogP contribution in [0.3, 0.4) is 0 Å². The number of carboxylic acids is 1. The standard InChI is InChI=1S/C13H22N2O4S/c1-7(2)12-15(10(6-20-12)13(17)18)11(16)9-4-8(19-3)5-14-9/h7-10,12,14H,4-6H2,1-3H3,(H,17,18). The van der Waals surface area contributed by atoms with E-state index in [0.717, 1.165) is 0 Å². The summed E-state index contributed by atoms with van der Waals surface area (Å²) in [6.45, 7) is 4.67. The maximum absolute atomic E-state index is 12.7. The van der Waals surface area contributed by atoms with E-state index in [1.807, 2.05) is 13.8 Å². The van der Waals surface area contributed by atoms with Gasteiger partial charge in [0, 0.05) is 19.4 Å². The molecule has 1 amide bonds. The Morgan fingerprint density at radius 3 is 2.65 bits per heavy atom.